The van der Waals surface area contributed by atoms with Crippen LogP contribution in [-0.2, 0) is 5.41 Å². The monoisotopic (exact) mass is 281 g/mol. The summed E-state index contributed by atoms with van der Waals surface area (Å²) in [7, 11) is 0. The molecule has 0 unspecified atom stereocenters. The number of nitrogens with zero attached hydrogens (tertiary/aromatic N) is 2. The van der Waals surface area contributed by atoms with E-state index in [-0.39, 0.29) is 5.41 Å². The second-order valence-corrected chi connectivity index (χ2v) is 5.95. The molecule has 3 nitrogen and oxygen atoms in total. The standard InChI is InChI=1S/C18H23N3/c1-3-12-19-16-13-14(2)20-17(21-16)18(10-7-11-18)15-8-5-4-6-9-15/h4-6,8-9,13H,3,7,10-12H2,1-2H3,(H,19,20,21). The van der Waals surface area contributed by atoms with Crippen molar-refractivity contribution >= 4 is 5.82 Å². The molecule has 0 atom stereocenters. The van der Waals surface area contributed by atoms with E-state index in [1.807, 2.05) is 6.07 Å². The Balaban J connectivity index is 1.99. The predicted octanol–water partition coefficient (Wildman–Crippen LogP) is 4.08. The summed E-state index contributed by atoms with van der Waals surface area (Å²) >= 11 is 0. The fourth-order valence-electron chi connectivity index (χ4n) is 3.06. The maximum Gasteiger partial charge on any atom is 0.141 e. The van der Waals surface area contributed by atoms with Gasteiger partial charge in [-0.15, -0.1) is 0 Å². The van der Waals surface area contributed by atoms with E-state index in [9.17, 15) is 0 Å². The number of nitrogens with one attached hydrogen (secondary N) is 1. The zero-order chi connectivity index (χ0) is 14.7. The van der Waals surface area contributed by atoms with Crippen molar-refractivity contribution in [2.45, 2.75) is 44.9 Å². The lowest BCUT2D eigenvalue weighted by molar-refractivity contribution is 0.285. The molecule has 21 heavy (non-hydrogen) atoms. The summed E-state index contributed by atoms with van der Waals surface area (Å²) in [5, 5.41) is 3.40. The summed E-state index contributed by atoms with van der Waals surface area (Å²) in [6.07, 6.45) is 4.65. The van der Waals surface area contributed by atoms with E-state index in [0.29, 0.717) is 0 Å². The molecule has 3 heteroatoms. The van der Waals surface area contributed by atoms with Gasteiger partial charge in [0.05, 0.1) is 5.41 Å². The van der Waals surface area contributed by atoms with Gasteiger partial charge in [-0.3, -0.25) is 0 Å². The van der Waals surface area contributed by atoms with Crippen molar-refractivity contribution in [1.82, 2.24) is 9.97 Å². The molecule has 1 fully saturated rings. The number of aromatic nitrogens is 2. The van der Waals surface area contributed by atoms with Gasteiger partial charge in [-0.1, -0.05) is 43.7 Å². The van der Waals surface area contributed by atoms with Crippen LogP contribution >= 0.6 is 0 Å². The maximum atomic E-state index is 4.82. The average Bonchev–Trinajstić information content (AvgIpc) is 2.45. The van der Waals surface area contributed by atoms with Crippen molar-refractivity contribution in [3.63, 3.8) is 0 Å². The fourth-order valence-corrected chi connectivity index (χ4v) is 3.06. The minimum absolute atomic E-state index is 0.0237. The molecular formula is C18H23N3. The van der Waals surface area contributed by atoms with Crippen molar-refractivity contribution in [3.05, 3.63) is 53.5 Å². The van der Waals surface area contributed by atoms with E-state index in [2.05, 4.69) is 49.5 Å². The van der Waals surface area contributed by atoms with Crippen LogP contribution in [0.1, 0.15) is 49.7 Å². The highest BCUT2D eigenvalue weighted by Gasteiger charge is 2.43. The van der Waals surface area contributed by atoms with Gasteiger partial charge in [0.15, 0.2) is 0 Å². The topological polar surface area (TPSA) is 37.8 Å². The summed E-state index contributed by atoms with van der Waals surface area (Å²) in [6, 6.07) is 12.8. The predicted molar refractivity (Wildman–Crippen MR) is 86.6 cm³/mol. The van der Waals surface area contributed by atoms with E-state index >= 15 is 0 Å². The molecule has 1 aliphatic carbocycles. The van der Waals surface area contributed by atoms with E-state index in [0.717, 1.165) is 43.1 Å². The number of hydrogen-bond donors (Lipinski definition) is 1. The second kappa shape index (κ2) is 5.84. The molecule has 110 valence electrons. The van der Waals surface area contributed by atoms with Gasteiger partial charge in [-0.05, 0) is 31.7 Å². The molecule has 3 rings (SSSR count). The average molecular weight is 281 g/mol. The Hall–Kier alpha value is -1.90. The lowest BCUT2D eigenvalue weighted by Gasteiger charge is -2.41. The first-order valence-corrected chi connectivity index (χ1v) is 7.90. The first kappa shape index (κ1) is 14.1. The molecule has 0 bridgehead atoms. The molecule has 2 aromatic rings. The van der Waals surface area contributed by atoms with Gasteiger partial charge in [-0.25, -0.2) is 9.97 Å². The van der Waals surface area contributed by atoms with Crippen molar-refractivity contribution < 1.29 is 0 Å². The van der Waals surface area contributed by atoms with Crippen LogP contribution in [0.3, 0.4) is 0 Å². The Kier molecular flexibility index (Phi) is 3.91. The molecule has 0 aliphatic heterocycles. The Morgan fingerprint density at radius 2 is 1.90 bits per heavy atom. The molecule has 1 N–H and O–H groups in total. The molecule has 1 saturated carbocycles. The lowest BCUT2D eigenvalue weighted by Crippen LogP contribution is -2.37. The van der Waals surface area contributed by atoms with Gasteiger partial charge in [-0.2, -0.15) is 0 Å². The van der Waals surface area contributed by atoms with Crippen molar-refractivity contribution in [1.29, 1.82) is 0 Å². The van der Waals surface area contributed by atoms with Crippen LogP contribution < -0.4 is 5.32 Å². The first-order valence-electron chi connectivity index (χ1n) is 7.90. The molecular weight excluding hydrogens is 258 g/mol. The molecule has 1 aromatic heterocycles. The lowest BCUT2D eigenvalue weighted by atomic mass is 9.64. The molecule has 1 aromatic carbocycles. The number of aryl methyl sites for hydroxylation is 1. The molecule has 0 saturated heterocycles. The Labute approximate surface area is 126 Å². The van der Waals surface area contributed by atoms with Gasteiger partial charge in [0, 0.05) is 18.3 Å². The summed E-state index contributed by atoms with van der Waals surface area (Å²) in [5.74, 6) is 1.94. The van der Waals surface area contributed by atoms with E-state index in [1.54, 1.807) is 0 Å². The molecule has 0 spiro atoms. The molecule has 0 radical (unpaired) electrons. The van der Waals surface area contributed by atoms with Gasteiger partial charge in [0.25, 0.3) is 0 Å². The highest BCUT2D eigenvalue weighted by molar-refractivity contribution is 5.41. The smallest absolute Gasteiger partial charge is 0.141 e. The van der Waals surface area contributed by atoms with E-state index in [4.69, 9.17) is 9.97 Å². The highest BCUT2D eigenvalue weighted by atomic mass is 15.0. The Bertz CT molecular complexity index is 603. The van der Waals surface area contributed by atoms with Crippen LogP contribution in [0.15, 0.2) is 36.4 Å². The van der Waals surface area contributed by atoms with Crippen molar-refractivity contribution in [2.24, 2.45) is 0 Å². The first-order chi connectivity index (χ1) is 10.2. The van der Waals surface area contributed by atoms with Crippen LogP contribution in [0.2, 0.25) is 0 Å². The summed E-state index contributed by atoms with van der Waals surface area (Å²) in [4.78, 5) is 9.58. The number of hydrogen-bond acceptors (Lipinski definition) is 3. The summed E-state index contributed by atoms with van der Waals surface area (Å²) in [6.45, 7) is 5.17. The SMILES string of the molecule is CCCNc1cc(C)nc(C2(c3ccccc3)CCC2)n1. The summed E-state index contributed by atoms with van der Waals surface area (Å²) in [5.41, 5.74) is 2.42. The van der Waals surface area contributed by atoms with Gasteiger partial charge in [0.2, 0.25) is 0 Å². The molecule has 0 amide bonds. The van der Waals surface area contributed by atoms with Gasteiger partial charge >= 0.3 is 0 Å². The third-order valence-corrected chi connectivity index (χ3v) is 4.37. The van der Waals surface area contributed by atoms with Crippen LogP contribution in [-0.4, -0.2) is 16.5 Å². The normalized spacial score (nSPS) is 16.3. The largest absolute Gasteiger partial charge is 0.370 e. The van der Waals surface area contributed by atoms with Crippen LogP contribution in [0.4, 0.5) is 5.82 Å². The number of anilines is 1. The zero-order valence-corrected chi connectivity index (χ0v) is 12.9. The van der Waals surface area contributed by atoms with Crippen LogP contribution in [0.5, 0.6) is 0 Å². The summed E-state index contributed by atoms with van der Waals surface area (Å²) < 4.78 is 0. The van der Waals surface area contributed by atoms with E-state index in [1.165, 1.54) is 12.0 Å². The quantitative estimate of drug-likeness (QED) is 0.897. The van der Waals surface area contributed by atoms with Gasteiger partial charge < -0.3 is 5.32 Å². The van der Waals surface area contributed by atoms with Crippen molar-refractivity contribution in [3.8, 4) is 0 Å². The van der Waals surface area contributed by atoms with Crippen LogP contribution in [0, 0.1) is 6.92 Å². The second-order valence-electron chi connectivity index (χ2n) is 5.95. The molecule has 1 aliphatic rings. The Morgan fingerprint density at radius 1 is 1.14 bits per heavy atom. The zero-order valence-electron chi connectivity index (χ0n) is 12.9. The third kappa shape index (κ3) is 2.65. The minimum atomic E-state index is 0.0237. The van der Waals surface area contributed by atoms with Crippen molar-refractivity contribution in [2.75, 3.05) is 11.9 Å². The fraction of sp³-hybridized carbons (Fsp3) is 0.444. The van der Waals surface area contributed by atoms with Gasteiger partial charge in [0.1, 0.15) is 11.6 Å². The molecule has 1 heterocycles. The number of rotatable bonds is 5. The maximum absolute atomic E-state index is 4.82. The minimum Gasteiger partial charge on any atom is -0.370 e. The third-order valence-electron chi connectivity index (χ3n) is 4.37. The van der Waals surface area contributed by atoms with Crippen LogP contribution in [0.25, 0.3) is 0 Å². The highest BCUT2D eigenvalue weighted by Crippen LogP contribution is 2.47. The Morgan fingerprint density at radius 3 is 2.52 bits per heavy atom. The van der Waals surface area contributed by atoms with E-state index < -0.39 is 0 Å². The number of benzene rings is 1.